The third kappa shape index (κ3) is 5.78. The first-order valence-corrected chi connectivity index (χ1v) is 13.0. The molecule has 9 heteroatoms. The number of methoxy groups -OCH3 is 2. The molecule has 0 N–H and O–H groups in total. The topological polar surface area (TPSA) is 80.7 Å². The summed E-state index contributed by atoms with van der Waals surface area (Å²) in [5.74, 6) is 0.610. The highest BCUT2D eigenvalue weighted by atomic mass is 32.2. The Labute approximate surface area is 227 Å². The maximum Gasteiger partial charge on any atom is 0.338 e. The molecule has 2 heterocycles. The number of amides is 1. The number of hydrogen-bond donors (Lipinski definition) is 0. The van der Waals surface area contributed by atoms with Crippen LogP contribution in [0.1, 0.15) is 30.5 Å². The third-order valence-electron chi connectivity index (χ3n) is 6.26. The minimum absolute atomic E-state index is 0.0500. The molecule has 198 valence electrons. The van der Waals surface area contributed by atoms with Crippen LogP contribution in [0.4, 0.5) is 0 Å². The van der Waals surface area contributed by atoms with Crippen molar-refractivity contribution < 1.29 is 23.8 Å². The van der Waals surface area contributed by atoms with Crippen LogP contribution in [0.25, 0.3) is 0 Å². The fraction of sp³-hybridized carbons (Fsp3) is 0.276. The van der Waals surface area contributed by atoms with E-state index in [1.165, 1.54) is 17.8 Å². The van der Waals surface area contributed by atoms with Gasteiger partial charge in [-0.1, -0.05) is 54.7 Å². The molecule has 0 aliphatic carbocycles. The summed E-state index contributed by atoms with van der Waals surface area (Å²) < 4.78 is 16.5. The summed E-state index contributed by atoms with van der Waals surface area (Å²) in [6, 6.07) is 14.7. The highest BCUT2D eigenvalue weighted by Gasteiger charge is 2.41. The Morgan fingerprint density at radius 2 is 1.82 bits per heavy atom. The molecule has 1 unspecified atom stereocenters. The molecule has 2 aliphatic heterocycles. The molecule has 1 amide bonds. The SMILES string of the molecule is C=CCOC(=O)C1=C(C)N=C2SC=C(CC(=O)N(C)Cc3ccccc3)N2C1c1cc(OC)cc(OC)c1. The van der Waals surface area contributed by atoms with E-state index in [0.29, 0.717) is 34.5 Å². The normalized spacial score (nSPS) is 16.3. The Hall–Kier alpha value is -3.98. The van der Waals surface area contributed by atoms with Crippen LogP contribution in [0.3, 0.4) is 0 Å². The fourth-order valence-corrected chi connectivity index (χ4v) is 5.35. The van der Waals surface area contributed by atoms with E-state index in [1.807, 2.05) is 52.8 Å². The van der Waals surface area contributed by atoms with Crippen molar-refractivity contribution in [1.29, 1.82) is 0 Å². The molecule has 38 heavy (non-hydrogen) atoms. The number of carbonyl (C=O) groups excluding carboxylic acids is 2. The zero-order valence-electron chi connectivity index (χ0n) is 22.0. The minimum atomic E-state index is -0.600. The lowest BCUT2D eigenvalue weighted by Gasteiger charge is -2.36. The van der Waals surface area contributed by atoms with Gasteiger partial charge < -0.3 is 24.0 Å². The number of carbonyl (C=O) groups is 2. The molecule has 0 fully saturated rings. The average Bonchev–Trinajstić information content (AvgIpc) is 3.32. The molecule has 4 rings (SSSR count). The van der Waals surface area contributed by atoms with Crippen LogP contribution in [-0.2, 0) is 20.9 Å². The summed E-state index contributed by atoms with van der Waals surface area (Å²) in [6.07, 6.45) is 1.66. The van der Waals surface area contributed by atoms with Crippen LogP contribution in [0.5, 0.6) is 11.5 Å². The molecule has 1 atom stereocenters. The molecule has 0 aromatic heterocycles. The standard InChI is InChI=1S/C29H31N3O5S/c1-6-12-37-28(34)26-19(2)30-29-32(27(26)21-13-23(35-4)16-24(14-21)36-5)22(18-38-29)15-25(33)31(3)17-20-10-8-7-9-11-20/h6-11,13-14,16,18,27H,1,12,15,17H2,2-5H3. The largest absolute Gasteiger partial charge is 0.497 e. The second kappa shape index (κ2) is 12.0. The Morgan fingerprint density at radius 3 is 2.45 bits per heavy atom. The van der Waals surface area contributed by atoms with Crippen molar-refractivity contribution in [3.63, 3.8) is 0 Å². The summed E-state index contributed by atoms with van der Waals surface area (Å²) in [7, 11) is 4.94. The van der Waals surface area contributed by atoms with E-state index in [9.17, 15) is 9.59 Å². The smallest absolute Gasteiger partial charge is 0.338 e. The molecule has 2 aromatic rings. The van der Waals surface area contributed by atoms with Crippen molar-refractivity contribution in [2.45, 2.75) is 25.9 Å². The number of hydrogen-bond acceptors (Lipinski definition) is 8. The Bertz CT molecular complexity index is 1300. The quantitative estimate of drug-likeness (QED) is 0.312. The van der Waals surface area contributed by atoms with Crippen LogP contribution in [-0.4, -0.2) is 54.7 Å². The first-order chi connectivity index (χ1) is 18.4. The number of ether oxygens (including phenoxy) is 3. The number of allylic oxidation sites excluding steroid dienone is 1. The van der Waals surface area contributed by atoms with Crippen LogP contribution in [0.15, 0.2) is 88.6 Å². The average molecular weight is 534 g/mol. The van der Waals surface area contributed by atoms with Gasteiger partial charge >= 0.3 is 5.97 Å². The number of thioether (sulfide) groups is 1. The van der Waals surface area contributed by atoms with E-state index < -0.39 is 12.0 Å². The lowest BCUT2D eigenvalue weighted by atomic mass is 9.93. The molecule has 0 radical (unpaired) electrons. The van der Waals surface area contributed by atoms with E-state index in [-0.39, 0.29) is 18.9 Å². The van der Waals surface area contributed by atoms with Crippen LogP contribution < -0.4 is 9.47 Å². The summed E-state index contributed by atoms with van der Waals surface area (Å²) in [4.78, 5) is 34.9. The van der Waals surface area contributed by atoms with Crippen molar-refractivity contribution in [3.05, 3.63) is 94.7 Å². The maximum atomic E-state index is 13.3. The summed E-state index contributed by atoms with van der Waals surface area (Å²) >= 11 is 1.42. The molecule has 0 saturated carbocycles. The lowest BCUT2D eigenvalue weighted by molar-refractivity contribution is -0.138. The van der Waals surface area contributed by atoms with Gasteiger partial charge in [0.25, 0.3) is 0 Å². The fourth-order valence-electron chi connectivity index (χ4n) is 4.38. The number of benzene rings is 2. The summed E-state index contributed by atoms with van der Waals surface area (Å²) in [5.41, 5.74) is 3.46. The van der Waals surface area contributed by atoms with E-state index in [0.717, 1.165) is 16.8 Å². The first-order valence-electron chi connectivity index (χ1n) is 12.1. The zero-order chi connectivity index (χ0) is 27.2. The van der Waals surface area contributed by atoms with Gasteiger partial charge in [-0.15, -0.1) is 0 Å². The zero-order valence-corrected chi connectivity index (χ0v) is 22.8. The highest BCUT2D eigenvalue weighted by Crippen LogP contribution is 2.46. The van der Waals surface area contributed by atoms with Crippen LogP contribution in [0, 0.1) is 0 Å². The van der Waals surface area contributed by atoms with E-state index in [4.69, 9.17) is 19.2 Å². The van der Waals surface area contributed by atoms with Gasteiger partial charge in [0.1, 0.15) is 18.1 Å². The second-order valence-electron chi connectivity index (χ2n) is 8.84. The monoisotopic (exact) mass is 533 g/mol. The predicted octanol–water partition coefficient (Wildman–Crippen LogP) is 5.06. The number of aliphatic imine (C=N–C) groups is 1. The number of amidine groups is 1. The maximum absolute atomic E-state index is 13.3. The van der Waals surface area contributed by atoms with Gasteiger partial charge in [-0.2, -0.15) is 0 Å². The number of rotatable bonds is 10. The van der Waals surface area contributed by atoms with Gasteiger partial charge in [-0.25, -0.2) is 9.79 Å². The number of esters is 1. The van der Waals surface area contributed by atoms with Crippen LogP contribution in [0.2, 0.25) is 0 Å². The molecule has 8 nitrogen and oxygen atoms in total. The molecule has 2 aliphatic rings. The summed E-state index contributed by atoms with van der Waals surface area (Å²) in [6.45, 7) is 6.00. The third-order valence-corrected chi connectivity index (χ3v) is 7.15. The van der Waals surface area contributed by atoms with Gasteiger partial charge in [0, 0.05) is 25.4 Å². The van der Waals surface area contributed by atoms with E-state index in [2.05, 4.69) is 6.58 Å². The Balaban J connectivity index is 1.70. The molecule has 0 spiro atoms. The van der Waals surface area contributed by atoms with E-state index in [1.54, 1.807) is 39.2 Å². The van der Waals surface area contributed by atoms with Crippen LogP contribution >= 0.6 is 11.8 Å². The van der Waals surface area contributed by atoms with Crippen molar-refractivity contribution >= 4 is 28.8 Å². The highest BCUT2D eigenvalue weighted by molar-refractivity contribution is 8.16. The van der Waals surface area contributed by atoms with Gasteiger partial charge in [0.05, 0.1) is 38.0 Å². The van der Waals surface area contributed by atoms with Crippen molar-refractivity contribution in [1.82, 2.24) is 9.80 Å². The van der Waals surface area contributed by atoms with Gasteiger partial charge in [0.15, 0.2) is 5.17 Å². The molecule has 0 bridgehead atoms. The lowest BCUT2D eigenvalue weighted by Crippen LogP contribution is -2.38. The van der Waals surface area contributed by atoms with Gasteiger partial charge in [0.2, 0.25) is 5.91 Å². The predicted molar refractivity (Wildman–Crippen MR) is 149 cm³/mol. The second-order valence-corrected chi connectivity index (χ2v) is 9.67. The van der Waals surface area contributed by atoms with Crippen molar-refractivity contribution in [2.24, 2.45) is 4.99 Å². The molecular weight excluding hydrogens is 502 g/mol. The summed E-state index contributed by atoms with van der Waals surface area (Å²) in [5, 5.41) is 2.60. The van der Waals surface area contributed by atoms with Crippen molar-refractivity contribution in [2.75, 3.05) is 27.9 Å². The minimum Gasteiger partial charge on any atom is -0.497 e. The Morgan fingerprint density at radius 1 is 1.13 bits per heavy atom. The van der Waals surface area contributed by atoms with E-state index >= 15 is 0 Å². The first kappa shape index (κ1) is 27.1. The Kier molecular flexibility index (Phi) is 8.58. The molecular formula is C29H31N3O5S. The number of fused-ring (bicyclic) bond motifs is 1. The van der Waals surface area contributed by atoms with Gasteiger partial charge in [-0.3, -0.25) is 4.79 Å². The molecule has 2 aromatic carbocycles. The van der Waals surface area contributed by atoms with Gasteiger partial charge in [-0.05, 0) is 35.6 Å². The number of nitrogens with zero attached hydrogens (tertiary/aromatic N) is 3. The van der Waals surface area contributed by atoms with Crippen molar-refractivity contribution in [3.8, 4) is 11.5 Å². The molecule has 0 saturated heterocycles.